The number of carbonyl (C=O) groups is 1. The molecule has 2 aromatic carbocycles. The van der Waals surface area contributed by atoms with Crippen molar-refractivity contribution < 1.29 is 9.21 Å². The molecule has 0 unspecified atom stereocenters. The maximum atomic E-state index is 12.5. The first-order valence-electron chi connectivity index (χ1n) is 9.71. The zero-order valence-electron chi connectivity index (χ0n) is 16.1. The van der Waals surface area contributed by atoms with Gasteiger partial charge in [0.1, 0.15) is 5.76 Å². The Kier molecular flexibility index (Phi) is 5.84. The van der Waals surface area contributed by atoms with Crippen LogP contribution in [0.25, 0.3) is 11.3 Å². The maximum Gasteiger partial charge on any atom is 0.291 e. The molecule has 0 radical (unpaired) electrons. The molecule has 4 nitrogen and oxygen atoms in total. The number of nitrogens with one attached hydrogen (secondary N) is 1. The van der Waals surface area contributed by atoms with Crippen LogP contribution in [-0.2, 0) is 0 Å². The summed E-state index contributed by atoms with van der Waals surface area (Å²) in [5, 5.41) is 3.80. The lowest BCUT2D eigenvalue weighted by Crippen LogP contribution is -2.32. The third kappa shape index (κ3) is 4.60. The highest BCUT2D eigenvalue weighted by atomic mass is 35.5. The Bertz CT molecular complexity index is 1010. The average Bonchev–Trinajstić information content (AvgIpc) is 3.22. The third-order valence-electron chi connectivity index (χ3n) is 5.31. The lowest BCUT2D eigenvalue weighted by atomic mass is 9.99. The summed E-state index contributed by atoms with van der Waals surface area (Å²) in [4.78, 5) is 14.9. The van der Waals surface area contributed by atoms with Crippen molar-refractivity contribution in [3.8, 4) is 11.3 Å². The lowest BCUT2D eigenvalue weighted by molar-refractivity contribution is 0.0997. The number of piperidine rings is 1. The summed E-state index contributed by atoms with van der Waals surface area (Å²) >= 11 is 12.0. The minimum Gasteiger partial charge on any atom is -0.451 e. The fourth-order valence-electron chi connectivity index (χ4n) is 3.48. The predicted molar refractivity (Wildman–Crippen MR) is 119 cm³/mol. The highest BCUT2D eigenvalue weighted by molar-refractivity contribution is 6.42. The van der Waals surface area contributed by atoms with Crippen LogP contribution in [0.3, 0.4) is 0 Å². The Morgan fingerprint density at radius 1 is 1.00 bits per heavy atom. The van der Waals surface area contributed by atoms with Crippen LogP contribution in [0.1, 0.15) is 30.3 Å². The molecule has 1 N–H and O–H groups in total. The van der Waals surface area contributed by atoms with E-state index in [-0.39, 0.29) is 11.7 Å². The Morgan fingerprint density at radius 2 is 1.72 bits per heavy atom. The van der Waals surface area contributed by atoms with E-state index in [0.29, 0.717) is 15.8 Å². The van der Waals surface area contributed by atoms with Gasteiger partial charge in [-0.25, -0.2) is 0 Å². The summed E-state index contributed by atoms with van der Waals surface area (Å²) < 4.78 is 5.71. The molecule has 1 fully saturated rings. The Hall–Kier alpha value is -2.43. The number of rotatable bonds is 4. The maximum absolute atomic E-state index is 12.5. The zero-order chi connectivity index (χ0) is 20.4. The van der Waals surface area contributed by atoms with Gasteiger partial charge in [0.05, 0.1) is 10.0 Å². The fraction of sp³-hybridized carbons (Fsp3) is 0.261. The van der Waals surface area contributed by atoms with Crippen molar-refractivity contribution in [2.24, 2.45) is 5.92 Å². The molecule has 0 atom stereocenters. The SMILES string of the molecule is CC1CCN(c2ccc(NC(=O)c3ccc(-c4ccc(Cl)c(Cl)c4)o3)cc2)CC1. The zero-order valence-corrected chi connectivity index (χ0v) is 17.6. The van der Waals surface area contributed by atoms with E-state index in [9.17, 15) is 4.79 Å². The van der Waals surface area contributed by atoms with E-state index < -0.39 is 0 Å². The van der Waals surface area contributed by atoms with Crippen molar-refractivity contribution in [1.29, 1.82) is 0 Å². The molecule has 1 aliphatic heterocycles. The summed E-state index contributed by atoms with van der Waals surface area (Å²) in [5.74, 6) is 1.30. The van der Waals surface area contributed by atoms with Gasteiger partial charge in [-0.3, -0.25) is 4.79 Å². The van der Waals surface area contributed by atoms with Crippen molar-refractivity contribution in [3.05, 3.63) is 70.4 Å². The summed E-state index contributed by atoms with van der Waals surface area (Å²) in [5.41, 5.74) is 2.69. The Labute approximate surface area is 180 Å². The Morgan fingerprint density at radius 3 is 2.41 bits per heavy atom. The number of amides is 1. The van der Waals surface area contributed by atoms with Crippen LogP contribution >= 0.6 is 23.2 Å². The molecule has 6 heteroatoms. The molecule has 29 heavy (non-hydrogen) atoms. The minimum absolute atomic E-state index is 0.236. The van der Waals surface area contributed by atoms with Gasteiger partial charge in [0, 0.05) is 30.0 Å². The lowest BCUT2D eigenvalue weighted by Gasteiger charge is -2.32. The highest BCUT2D eigenvalue weighted by Gasteiger charge is 2.17. The monoisotopic (exact) mass is 428 g/mol. The molecular weight excluding hydrogens is 407 g/mol. The van der Waals surface area contributed by atoms with Crippen LogP contribution < -0.4 is 10.2 Å². The molecule has 0 spiro atoms. The van der Waals surface area contributed by atoms with Gasteiger partial charge < -0.3 is 14.6 Å². The topological polar surface area (TPSA) is 45.5 Å². The largest absolute Gasteiger partial charge is 0.451 e. The normalized spacial score (nSPS) is 14.8. The first-order chi connectivity index (χ1) is 14.0. The van der Waals surface area contributed by atoms with E-state index in [0.717, 1.165) is 30.3 Å². The molecule has 1 aromatic heterocycles. The second-order valence-corrected chi connectivity index (χ2v) is 8.28. The predicted octanol–water partition coefficient (Wildman–Crippen LogP) is 6.74. The molecule has 1 amide bonds. The summed E-state index contributed by atoms with van der Waals surface area (Å²) in [6.45, 7) is 4.46. The molecule has 0 saturated carbocycles. The van der Waals surface area contributed by atoms with Crippen LogP contribution in [-0.4, -0.2) is 19.0 Å². The molecule has 1 saturated heterocycles. The van der Waals surface area contributed by atoms with Crippen molar-refractivity contribution in [1.82, 2.24) is 0 Å². The summed E-state index contributed by atoms with van der Waals surface area (Å²) in [6.07, 6.45) is 2.44. The van der Waals surface area contributed by atoms with Crippen LogP contribution in [0.2, 0.25) is 10.0 Å². The van der Waals surface area contributed by atoms with Crippen LogP contribution in [0.4, 0.5) is 11.4 Å². The summed E-state index contributed by atoms with van der Waals surface area (Å²) in [6, 6.07) is 16.6. The second-order valence-electron chi connectivity index (χ2n) is 7.46. The van der Waals surface area contributed by atoms with Gasteiger partial charge in [-0.05, 0) is 73.4 Å². The first-order valence-corrected chi connectivity index (χ1v) is 10.5. The van der Waals surface area contributed by atoms with E-state index in [4.69, 9.17) is 27.6 Å². The van der Waals surface area contributed by atoms with Crippen LogP contribution in [0.5, 0.6) is 0 Å². The van der Waals surface area contributed by atoms with Crippen molar-refractivity contribution >= 4 is 40.5 Å². The highest BCUT2D eigenvalue weighted by Crippen LogP contribution is 2.30. The quantitative estimate of drug-likeness (QED) is 0.500. The first kappa shape index (κ1) is 19.9. The molecule has 4 rings (SSSR count). The van der Waals surface area contributed by atoms with Crippen molar-refractivity contribution in [2.75, 3.05) is 23.3 Å². The molecule has 2 heterocycles. The fourth-order valence-corrected chi connectivity index (χ4v) is 3.78. The van der Waals surface area contributed by atoms with E-state index in [1.165, 1.54) is 18.5 Å². The molecule has 0 aliphatic carbocycles. The standard InChI is InChI=1S/C23H22Cl2N2O2/c1-15-10-12-27(13-11-15)18-5-3-17(4-6-18)26-23(28)22-9-8-21(29-22)16-2-7-19(24)20(25)14-16/h2-9,14-15H,10-13H2,1H3,(H,26,28). The number of benzene rings is 2. The molecule has 3 aromatic rings. The number of hydrogen-bond acceptors (Lipinski definition) is 3. The second kappa shape index (κ2) is 8.52. The van der Waals surface area contributed by atoms with Gasteiger partial charge in [0.15, 0.2) is 5.76 Å². The summed E-state index contributed by atoms with van der Waals surface area (Å²) in [7, 11) is 0. The van der Waals surface area contributed by atoms with Gasteiger partial charge in [0.25, 0.3) is 5.91 Å². The van der Waals surface area contributed by atoms with Crippen LogP contribution in [0.15, 0.2) is 59.0 Å². The molecule has 150 valence electrons. The average molecular weight is 429 g/mol. The number of halogens is 2. The minimum atomic E-state index is -0.296. The number of furan rings is 1. The number of carbonyl (C=O) groups excluding carboxylic acids is 1. The van der Waals surface area contributed by atoms with E-state index >= 15 is 0 Å². The smallest absolute Gasteiger partial charge is 0.291 e. The van der Waals surface area contributed by atoms with E-state index in [1.807, 2.05) is 12.1 Å². The Balaban J connectivity index is 1.42. The van der Waals surface area contributed by atoms with Crippen molar-refractivity contribution in [3.63, 3.8) is 0 Å². The van der Waals surface area contributed by atoms with Gasteiger partial charge in [-0.1, -0.05) is 30.1 Å². The number of nitrogens with zero attached hydrogens (tertiary/aromatic N) is 1. The number of anilines is 2. The molecule has 1 aliphatic rings. The van der Waals surface area contributed by atoms with Gasteiger partial charge in [0.2, 0.25) is 0 Å². The van der Waals surface area contributed by atoms with Gasteiger partial charge >= 0.3 is 0 Å². The van der Waals surface area contributed by atoms with Gasteiger partial charge in [-0.15, -0.1) is 0 Å². The van der Waals surface area contributed by atoms with Gasteiger partial charge in [-0.2, -0.15) is 0 Å². The van der Waals surface area contributed by atoms with E-state index in [2.05, 4.69) is 29.3 Å². The van der Waals surface area contributed by atoms with E-state index in [1.54, 1.807) is 30.3 Å². The molecule has 0 bridgehead atoms. The molecular formula is C23H22Cl2N2O2. The van der Waals surface area contributed by atoms with Crippen molar-refractivity contribution in [2.45, 2.75) is 19.8 Å². The number of hydrogen-bond donors (Lipinski definition) is 1. The third-order valence-corrected chi connectivity index (χ3v) is 6.05. The van der Waals surface area contributed by atoms with Crippen LogP contribution in [0, 0.1) is 5.92 Å².